The van der Waals surface area contributed by atoms with Crippen molar-refractivity contribution in [3.8, 4) is 0 Å². The molecule has 0 radical (unpaired) electrons. The van der Waals surface area contributed by atoms with Gasteiger partial charge in [0.15, 0.2) is 0 Å². The van der Waals surface area contributed by atoms with Crippen molar-refractivity contribution in [2.75, 3.05) is 6.61 Å². The number of aromatic nitrogens is 1. The van der Waals surface area contributed by atoms with Gasteiger partial charge in [0.05, 0.1) is 6.61 Å². The number of benzene rings is 2. The fraction of sp³-hybridized carbons (Fsp3) is 0.407. The first-order chi connectivity index (χ1) is 15.8. The van der Waals surface area contributed by atoms with Gasteiger partial charge in [-0.2, -0.15) is 0 Å². The molecule has 174 valence electrons. The van der Waals surface area contributed by atoms with Gasteiger partial charge in [-0.3, -0.25) is 9.59 Å². The van der Waals surface area contributed by atoms with E-state index in [0.717, 1.165) is 34.1 Å². The number of nitrogens with zero attached hydrogens (tertiary/aromatic N) is 1. The van der Waals surface area contributed by atoms with Crippen molar-refractivity contribution >= 4 is 22.8 Å². The van der Waals surface area contributed by atoms with E-state index < -0.39 is 5.41 Å². The molecule has 3 aromatic rings. The van der Waals surface area contributed by atoms with Gasteiger partial charge in [0.25, 0.3) is 0 Å². The summed E-state index contributed by atoms with van der Waals surface area (Å²) in [5, 5.41) is 4.04. The summed E-state index contributed by atoms with van der Waals surface area (Å²) >= 11 is 0. The van der Waals surface area contributed by atoms with Gasteiger partial charge >= 0.3 is 5.97 Å². The molecule has 4 rings (SSSR count). The van der Waals surface area contributed by atoms with Gasteiger partial charge in [0, 0.05) is 28.1 Å². The van der Waals surface area contributed by atoms with E-state index in [1.54, 1.807) is 13.0 Å². The molecule has 6 heteroatoms. The van der Waals surface area contributed by atoms with Gasteiger partial charge < -0.3 is 14.6 Å². The average molecular weight is 451 g/mol. The second-order valence-electron chi connectivity index (χ2n) is 9.44. The van der Waals surface area contributed by atoms with E-state index in [4.69, 9.17) is 4.74 Å². The Kier molecular flexibility index (Phi) is 6.54. The van der Waals surface area contributed by atoms with Crippen LogP contribution in [0.5, 0.6) is 0 Å². The lowest BCUT2D eigenvalue weighted by atomic mass is 9.83. The molecule has 33 heavy (non-hydrogen) atoms. The lowest BCUT2D eigenvalue weighted by Gasteiger charge is -2.30. The molecule has 1 aliphatic carbocycles. The quantitative estimate of drug-likeness (QED) is 0.536. The molecule has 5 nitrogen and oxygen atoms in total. The Labute approximate surface area is 193 Å². The minimum atomic E-state index is -0.550. The number of esters is 1. The van der Waals surface area contributed by atoms with Gasteiger partial charge in [-0.05, 0) is 61.9 Å². The van der Waals surface area contributed by atoms with E-state index >= 15 is 0 Å². The van der Waals surface area contributed by atoms with Crippen LogP contribution >= 0.6 is 0 Å². The molecule has 0 saturated carbocycles. The first kappa shape index (κ1) is 23.0. The summed E-state index contributed by atoms with van der Waals surface area (Å²) in [6, 6.07) is 14.6. The largest absolute Gasteiger partial charge is 0.465 e. The maximum Gasteiger partial charge on any atom is 0.325 e. The highest BCUT2D eigenvalue weighted by atomic mass is 19.1. The number of ether oxygens (including phenoxy) is 1. The van der Waals surface area contributed by atoms with Crippen LogP contribution in [0.1, 0.15) is 44.0 Å². The van der Waals surface area contributed by atoms with Crippen molar-refractivity contribution in [1.82, 2.24) is 9.88 Å². The minimum absolute atomic E-state index is 0.0150. The number of halogens is 1. The molecule has 0 unspecified atom stereocenters. The number of rotatable bonds is 7. The van der Waals surface area contributed by atoms with Crippen LogP contribution in [-0.4, -0.2) is 29.1 Å². The van der Waals surface area contributed by atoms with Crippen LogP contribution in [0, 0.1) is 11.2 Å². The number of amides is 1. The second kappa shape index (κ2) is 9.38. The molecule has 2 aromatic carbocycles. The minimum Gasteiger partial charge on any atom is -0.465 e. The topological polar surface area (TPSA) is 60.3 Å². The lowest BCUT2D eigenvalue weighted by Crippen LogP contribution is -2.46. The Morgan fingerprint density at radius 2 is 1.94 bits per heavy atom. The van der Waals surface area contributed by atoms with Crippen LogP contribution in [0.25, 0.3) is 10.9 Å². The molecule has 0 saturated heterocycles. The monoisotopic (exact) mass is 450 g/mol. The zero-order chi connectivity index (χ0) is 23.6. The van der Waals surface area contributed by atoms with Gasteiger partial charge in [0.1, 0.15) is 12.4 Å². The van der Waals surface area contributed by atoms with Gasteiger partial charge in [-0.25, -0.2) is 4.39 Å². The molecule has 1 heterocycles. The fourth-order valence-electron chi connectivity index (χ4n) is 4.83. The van der Waals surface area contributed by atoms with Gasteiger partial charge in [0.2, 0.25) is 5.91 Å². The summed E-state index contributed by atoms with van der Waals surface area (Å²) in [5.74, 6) is -0.602. The van der Waals surface area contributed by atoms with Crippen LogP contribution in [-0.2, 0) is 40.1 Å². The van der Waals surface area contributed by atoms with Gasteiger partial charge in [-0.1, -0.05) is 44.2 Å². The van der Waals surface area contributed by atoms with Crippen LogP contribution in [0.4, 0.5) is 4.39 Å². The third kappa shape index (κ3) is 4.95. The Hall–Kier alpha value is -3.15. The SMILES string of the molecule is CCOC(=O)Cn1c2c(c3cc(F)ccc31)C[C@@H](NC(=O)C(C)(C)Cc1ccccc1)CC2. The summed E-state index contributed by atoms with van der Waals surface area (Å²) in [5.41, 5.74) is 3.43. The molecular formula is C27H31FN2O3. The highest BCUT2D eigenvalue weighted by Gasteiger charge is 2.32. The predicted octanol–water partition coefficient (Wildman–Crippen LogP) is 4.59. The van der Waals surface area contributed by atoms with Crippen molar-refractivity contribution in [2.45, 2.75) is 59.0 Å². The number of carbonyl (C=O) groups is 2. The highest BCUT2D eigenvalue weighted by molar-refractivity contribution is 5.88. The van der Waals surface area contributed by atoms with Crippen LogP contribution < -0.4 is 5.32 Å². The summed E-state index contributed by atoms with van der Waals surface area (Å²) in [6.45, 7) is 6.13. The van der Waals surface area contributed by atoms with E-state index in [9.17, 15) is 14.0 Å². The van der Waals surface area contributed by atoms with Crippen molar-refractivity contribution in [3.05, 3.63) is 71.2 Å². The second-order valence-corrected chi connectivity index (χ2v) is 9.44. The molecule has 0 spiro atoms. The molecule has 1 atom stereocenters. The highest BCUT2D eigenvalue weighted by Crippen LogP contribution is 2.33. The van der Waals surface area contributed by atoms with Crippen molar-refractivity contribution < 1.29 is 18.7 Å². The van der Waals surface area contributed by atoms with Crippen LogP contribution in [0.3, 0.4) is 0 Å². The third-order valence-corrected chi connectivity index (χ3v) is 6.46. The summed E-state index contributed by atoms with van der Waals surface area (Å²) in [6.07, 6.45) is 2.73. The number of nitrogens with one attached hydrogen (secondary N) is 1. The molecule has 1 aliphatic rings. The van der Waals surface area contributed by atoms with Gasteiger partial charge in [-0.15, -0.1) is 0 Å². The maximum atomic E-state index is 14.1. The first-order valence-corrected chi connectivity index (χ1v) is 11.6. The number of hydrogen-bond donors (Lipinski definition) is 1. The van der Waals surface area contributed by atoms with Crippen molar-refractivity contribution in [1.29, 1.82) is 0 Å². The zero-order valence-electron chi connectivity index (χ0n) is 19.5. The summed E-state index contributed by atoms with van der Waals surface area (Å²) in [4.78, 5) is 25.4. The molecule has 0 aliphatic heterocycles. The normalized spacial score (nSPS) is 15.8. The smallest absolute Gasteiger partial charge is 0.325 e. The third-order valence-electron chi connectivity index (χ3n) is 6.46. The van der Waals surface area contributed by atoms with E-state index in [-0.39, 0.29) is 30.3 Å². The predicted molar refractivity (Wildman–Crippen MR) is 126 cm³/mol. The Balaban J connectivity index is 1.55. The molecule has 1 amide bonds. The lowest BCUT2D eigenvalue weighted by molar-refractivity contribution is -0.143. The Morgan fingerprint density at radius 3 is 2.67 bits per heavy atom. The van der Waals surface area contributed by atoms with Crippen molar-refractivity contribution in [2.24, 2.45) is 5.41 Å². The van der Waals surface area contributed by atoms with E-state index in [1.807, 2.05) is 48.7 Å². The number of fused-ring (bicyclic) bond motifs is 3. The number of carbonyl (C=O) groups excluding carboxylic acids is 2. The zero-order valence-corrected chi connectivity index (χ0v) is 19.5. The maximum absolute atomic E-state index is 14.1. The summed E-state index contributed by atoms with van der Waals surface area (Å²) < 4.78 is 21.2. The first-order valence-electron chi connectivity index (χ1n) is 11.6. The summed E-state index contributed by atoms with van der Waals surface area (Å²) in [7, 11) is 0. The number of hydrogen-bond acceptors (Lipinski definition) is 3. The molecule has 1 N–H and O–H groups in total. The van der Waals surface area contributed by atoms with Crippen LogP contribution in [0.2, 0.25) is 0 Å². The fourth-order valence-corrected chi connectivity index (χ4v) is 4.83. The Bertz CT molecular complexity index is 1170. The average Bonchev–Trinajstić information content (AvgIpc) is 3.06. The standard InChI is InChI=1S/C27H31FN2O3/c1-4-33-25(31)17-30-23-12-10-19(28)14-21(23)22-15-20(11-13-24(22)30)29-26(32)27(2,3)16-18-8-6-5-7-9-18/h5-10,12,14,20H,4,11,13,15-17H2,1-3H3,(H,29,32)/t20-/m0/s1. The molecule has 0 fully saturated rings. The Morgan fingerprint density at radius 1 is 1.18 bits per heavy atom. The van der Waals surface area contributed by atoms with Crippen molar-refractivity contribution in [3.63, 3.8) is 0 Å². The van der Waals surface area contributed by atoms with Crippen LogP contribution in [0.15, 0.2) is 48.5 Å². The van der Waals surface area contributed by atoms with E-state index in [0.29, 0.717) is 25.9 Å². The van der Waals surface area contributed by atoms with E-state index in [2.05, 4.69) is 5.32 Å². The van der Waals surface area contributed by atoms with E-state index in [1.165, 1.54) is 12.1 Å². The molecule has 0 bridgehead atoms. The molecular weight excluding hydrogens is 419 g/mol. The molecule has 1 aromatic heterocycles.